The van der Waals surface area contributed by atoms with E-state index < -0.39 is 22.4 Å². The zero-order valence-corrected chi connectivity index (χ0v) is 14.0. The molecule has 0 N–H and O–H groups in total. The van der Waals surface area contributed by atoms with E-state index in [0.717, 1.165) is 6.07 Å². The molecule has 0 amide bonds. The van der Waals surface area contributed by atoms with Gasteiger partial charge in [-0.2, -0.15) is 0 Å². The molecule has 0 aromatic heterocycles. The molecule has 0 saturated heterocycles. The van der Waals surface area contributed by atoms with Crippen molar-refractivity contribution in [3.8, 4) is 0 Å². The number of rotatable bonds is 4. The second-order valence-electron chi connectivity index (χ2n) is 5.64. The lowest BCUT2D eigenvalue weighted by molar-refractivity contribution is 0.559. The van der Waals surface area contributed by atoms with Crippen LogP contribution in [0.3, 0.4) is 0 Å². The van der Waals surface area contributed by atoms with Crippen molar-refractivity contribution in [2.45, 2.75) is 44.8 Å². The van der Waals surface area contributed by atoms with Crippen molar-refractivity contribution in [1.29, 1.82) is 0 Å². The van der Waals surface area contributed by atoms with Crippen LogP contribution in [0.2, 0.25) is 0 Å². The molecule has 1 nitrogen and oxygen atoms in total. The first-order valence-electron chi connectivity index (χ1n) is 6.16. The third-order valence-electron chi connectivity index (χ3n) is 2.99. The molecule has 0 saturated carbocycles. The average Bonchev–Trinajstić information content (AvgIpc) is 2.29. The van der Waals surface area contributed by atoms with Crippen LogP contribution in [0, 0.1) is 11.6 Å². The number of hydrogen-bond acceptors (Lipinski definition) is 1. The summed E-state index contributed by atoms with van der Waals surface area (Å²) in [5.41, 5.74) is 0.339. The minimum absolute atomic E-state index is 0.124. The van der Waals surface area contributed by atoms with Crippen molar-refractivity contribution in [2.24, 2.45) is 0 Å². The van der Waals surface area contributed by atoms with E-state index in [-0.39, 0.29) is 15.1 Å². The third-order valence-corrected chi connectivity index (χ3v) is 5.57. The Morgan fingerprint density at radius 2 is 1.84 bits per heavy atom. The molecule has 0 fully saturated rings. The minimum atomic E-state index is -0.973. The van der Waals surface area contributed by atoms with Crippen molar-refractivity contribution in [3.05, 3.63) is 33.8 Å². The largest absolute Gasteiger partial charge is 0.259 e. The van der Waals surface area contributed by atoms with Crippen LogP contribution in [0.15, 0.2) is 16.6 Å². The minimum Gasteiger partial charge on any atom is -0.259 e. The summed E-state index contributed by atoms with van der Waals surface area (Å²) < 4.78 is 39.0. The second-order valence-corrected chi connectivity index (χ2v) is 8.82. The lowest BCUT2D eigenvalue weighted by Gasteiger charge is -2.19. The van der Waals surface area contributed by atoms with E-state index in [1.807, 2.05) is 27.7 Å². The Balaban J connectivity index is 2.77. The van der Waals surface area contributed by atoms with Crippen molar-refractivity contribution >= 4 is 26.7 Å². The number of hydrogen-bond donors (Lipinski definition) is 0. The Kier molecular flexibility index (Phi) is 5.68. The van der Waals surface area contributed by atoms with Crippen LogP contribution in [0.25, 0.3) is 0 Å². The molecule has 108 valence electrons. The first-order chi connectivity index (χ1) is 8.62. The van der Waals surface area contributed by atoms with Crippen LogP contribution in [-0.2, 0) is 10.8 Å². The maximum absolute atomic E-state index is 13.8. The van der Waals surface area contributed by atoms with E-state index in [0.29, 0.717) is 17.7 Å². The third kappa shape index (κ3) is 4.63. The standard InChI is InChI=1S/C14H19BrF2OS/c1-9(5-6-19(18)14(2,3)4)10-7-13(17)11(15)8-12(10)16/h7-9H,5-6H2,1-4H3/t9-,19?/m1/s1. The first-order valence-corrected chi connectivity index (χ1v) is 8.27. The summed E-state index contributed by atoms with van der Waals surface area (Å²) in [6.45, 7) is 7.56. The van der Waals surface area contributed by atoms with Gasteiger partial charge in [0.15, 0.2) is 0 Å². The van der Waals surface area contributed by atoms with Crippen molar-refractivity contribution in [1.82, 2.24) is 0 Å². The lowest BCUT2D eigenvalue weighted by atomic mass is 9.98. The van der Waals surface area contributed by atoms with Gasteiger partial charge in [-0.25, -0.2) is 8.78 Å². The molecule has 0 aliphatic heterocycles. The molecule has 1 aromatic rings. The van der Waals surface area contributed by atoms with Crippen molar-refractivity contribution in [3.63, 3.8) is 0 Å². The van der Waals surface area contributed by atoms with Crippen LogP contribution in [0.5, 0.6) is 0 Å². The SMILES string of the molecule is C[C@H](CCS(=O)C(C)(C)C)c1cc(F)c(Br)cc1F. The van der Waals surface area contributed by atoms with Crippen LogP contribution in [0.4, 0.5) is 8.78 Å². The van der Waals surface area contributed by atoms with E-state index in [9.17, 15) is 13.0 Å². The maximum Gasteiger partial charge on any atom is 0.137 e. The van der Waals surface area contributed by atoms with Gasteiger partial charge in [-0.1, -0.05) is 6.92 Å². The Bertz CT molecular complexity index is 483. The smallest absolute Gasteiger partial charge is 0.137 e. The highest BCUT2D eigenvalue weighted by molar-refractivity contribution is 9.10. The van der Waals surface area contributed by atoms with Crippen LogP contribution in [0.1, 0.15) is 45.6 Å². The van der Waals surface area contributed by atoms with Crippen molar-refractivity contribution in [2.75, 3.05) is 5.75 Å². The van der Waals surface area contributed by atoms with E-state index in [2.05, 4.69) is 15.9 Å². The van der Waals surface area contributed by atoms with Gasteiger partial charge in [0.05, 0.1) is 4.47 Å². The topological polar surface area (TPSA) is 17.1 Å². The van der Waals surface area contributed by atoms with Crippen LogP contribution in [-0.4, -0.2) is 14.7 Å². The summed E-state index contributed by atoms with van der Waals surface area (Å²) in [5.74, 6) is -0.571. The molecular weight excluding hydrogens is 334 g/mol. The van der Waals surface area contributed by atoms with Crippen LogP contribution >= 0.6 is 15.9 Å². The first kappa shape index (κ1) is 16.8. The average molecular weight is 353 g/mol. The fourth-order valence-electron chi connectivity index (χ4n) is 1.66. The Hall–Kier alpha value is -0.290. The number of benzene rings is 1. The molecule has 0 spiro atoms. The van der Waals surface area contributed by atoms with Gasteiger partial charge in [0, 0.05) is 21.3 Å². The molecule has 0 radical (unpaired) electrons. The summed E-state index contributed by atoms with van der Waals surface area (Å²) >= 11 is 2.95. The lowest BCUT2D eigenvalue weighted by Crippen LogP contribution is -2.24. The van der Waals surface area contributed by atoms with Gasteiger partial charge in [0.25, 0.3) is 0 Å². The molecule has 0 aliphatic carbocycles. The summed E-state index contributed by atoms with van der Waals surface area (Å²) in [6.07, 6.45) is 0.571. The summed E-state index contributed by atoms with van der Waals surface area (Å²) in [4.78, 5) is 0. The van der Waals surface area contributed by atoms with Gasteiger partial charge in [-0.3, -0.25) is 4.21 Å². The van der Waals surface area contributed by atoms with Crippen LogP contribution < -0.4 is 0 Å². The van der Waals surface area contributed by atoms with Gasteiger partial charge >= 0.3 is 0 Å². The number of halogens is 3. The predicted molar refractivity (Wildman–Crippen MR) is 79.9 cm³/mol. The highest BCUT2D eigenvalue weighted by Gasteiger charge is 2.21. The molecule has 19 heavy (non-hydrogen) atoms. The fraction of sp³-hybridized carbons (Fsp3) is 0.571. The van der Waals surface area contributed by atoms with Crippen molar-refractivity contribution < 1.29 is 13.0 Å². The van der Waals surface area contributed by atoms with E-state index in [1.165, 1.54) is 6.07 Å². The molecule has 1 aromatic carbocycles. The second kappa shape index (κ2) is 6.44. The summed E-state index contributed by atoms with van der Waals surface area (Å²) in [6, 6.07) is 2.35. The predicted octanol–water partition coefficient (Wildman–Crippen LogP) is 4.77. The van der Waals surface area contributed by atoms with E-state index in [1.54, 1.807) is 0 Å². The van der Waals surface area contributed by atoms with Gasteiger partial charge in [0.2, 0.25) is 0 Å². The van der Waals surface area contributed by atoms with Gasteiger partial charge < -0.3 is 0 Å². The molecular formula is C14H19BrF2OS. The zero-order chi connectivity index (χ0) is 14.8. The van der Waals surface area contributed by atoms with Gasteiger partial charge in [-0.05, 0) is 66.7 Å². The normalized spacial score (nSPS) is 15.3. The monoisotopic (exact) mass is 352 g/mol. The Morgan fingerprint density at radius 1 is 1.26 bits per heavy atom. The molecule has 2 atom stereocenters. The van der Waals surface area contributed by atoms with Gasteiger partial charge in [-0.15, -0.1) is 0 Å². The highest BCUT2D eigenvalue weighted by atomic mass is 79.9. The Labute approximate surface area is 124 Å². The van der Waals surface area contributed by atoms with Gasteiger partial charge in [0.1, 0.15) is 11.6 Å². The van der Waals surface area contributed by atoms with E-state index >= 15 is 0 Å². The summed E-state index contributed by atoms with van der Waals surface area (Å²) in [7, 11) is -0.973. The highest BCUT2D eigenvalue weighted by Crippen LogP contribution is 2.28. The van der Waals surface area contributed by atoms with E-state index in [4.69, 9.17) is 0 Å². The molecule has 0 bridgehead atoms. The Morgan fingerprint density at radius 3 is 2.37 bits per heavy atom. The maximum atomic E-state index is 13.8. The molecule has 1 unspecified atom stereocenters. The molecule has 0 aliphatic rings. The quantitative estimate of drug-likeness (QED) is 0.713. The fourth-order valence-corrected chi connectivity index (χ4v) is 3.16. The molecule has 0 heterocycles. The zero-order valence-electron chi connectivity index (χ0n) is 11.6. The molecule has 1 rings (SSSR count). The summed E-state index contributed by atoms with van der Waals surface area (Å²) in [5, 5.41) is 0. The molecule has 5 heteroatoms.